The van der Waals surface area contributed by atoms with E-state index in [4.69, 9.17) is 0 Å². The molecule has 0 radical (unpaired) electrons. The van der Waals surface area contributed by atoms with Crippen LogP contribution in [0.1, 0.15) is 26.2 Å². The lowest BCUT2D eigenvalue weighted by Gasteiger charge is -2.20. The summed E-state index contributed by atoms with van der Waals surface area (Å²) in [7, 11) is 0.987. The smallest absolute Gasteiger partial charge is 0.214 e. The maximum Gasteiger partial charge on any atom is 0.214 e. The fraction of sp³-hybridized carbons (Fsp3) is 1.00. The van der Waals surface area contributed by atoms with Crippen LogP contribution >= 0.6 is 0 Å². The van der Waals surface area contributed by atoms with Gasteiger partial charge >= 0.3 is 0 Å². The summed E-state index contributed by atoms with van der Waals surface area (Å²) in [5.74, 6) is 0.290. The van der Waals surface area contributed by atoms with Crippen LogP contribution in [0, 0.1) is 0 Å². The maximum atomic E-state index is 12.1. The van der Waals surface area contributed by atoms with Gasteiger partial charge in [-0.15, -0.1) is 0 Å². The third-order valence-corrected chi connectivity index (χ3v) is 5.43. The van der Waals surface area contributed by atoms with E-state index in [0.29, 0.717) is 24.9 Å². The third-order valence-electron chi connectivity index (χ3n) is 3.51. The van der Waals surface area contributed by atoms with E-state index in [1.807, 2.05) is 14.1 Å². The van der Waals surface area contributed by atoms with E-state index >= 15 is 0 Å². The molecule has 1 unspecified atom stereocenters. The summed E-state index contributed by atoms with van der Waals surface area (Å²) in [6, 6.07) is 0.376. The largest absolute Gasteiger partial charge is 0.317 e. The molecule has 1 heterocycles. The predicted octanol–water partition coefficient (Wildman–Crippen LogP) is 0.342. The van der Waals surface area contributed by atoms with E-state index in [0.717, 1.165) is 32.4 Å². The van der Waals surface area contributed by atoms with E-state index in [2.05, 4.69) is 17.1 Å². The fourth-order valence-corrected chi connectivity index (χ4v) is 3.84. The Morgan fingerprint density at radius 3 is 2.61 bits per heavy atom. The minimum atomic E-state index is -3.03. The van der Waals surface area contributed by atoms with Gasteiger partial charge in [0.15, 0.2) is 0 Å². The summed E-state index contributed by atoms with van der Waals surface area (Å²) in [4.78, 5) is 2.11. The molecule has 1 atom stereocenters. The summed E-state index contributed by atoms with van der Waals surface area (Å²) >= 11 is 0. The van der Waals surface area contributed by atoms with Crippen LogP contribution < -0.4 is 5.32 Å². The molecule has 0 aromatic carbocycles. The van der Waals surface area contributed by atoms with E-state index in [1.54, 1.807) is 4.31 Å². The highest BCUT2D eigenvalue weighted by molar-refractivity contribution is 7.89. The molecular formula is C12H27N3O2S. The van der Waals surface area contributed by atoms with Gasteiger partial charge in [-0.3, -0.25) is 0 Å². The lowest BCUT2D eigenvalue weighted by molar-refractivity contribution is 0.302. The van der Waals surface area contributed by atoms with Gasteiger partial charge in [-0.05, 0) is 46.4 Å². The normalized spacial score (nSPS) is 21.9. The molecule has 18 heavy (non-hydrogen) atoms. The molecule has 0 aliphatic carbocycles. The number of hydrogen-bond donors (Lipinski definition) is 1. The van der Waals surface area contributed by atoms with Crippen molar-refractivity contribution in [2.45, 2.75) is 32.2 Å². The van der Waals surface area contributed by atoms with Crippen molar-refractivity contribution in [3.05, 3.63) is 0 Å². The molecule has 5 nitrogen and oxygen atoms in total. The van der Waals surface area contributed by atoms with E-state index in [1.165, 1.54) is 0 Å². The van der Waals surface area contributed by atoms with Crippen LogP contribution in [0.5, 0.6) is 0 Å². The molecule has 0 saturated carbocycles. The SMILES string of the molecule is CCNCCCCS(=O)(=O)N1CCC(N(C)C)C1. The van der Waals surface area contributed by atoms with Gasteiger partial charge in [-0.1, -0.05) is 6.92 Å². The van der Waals surface area contributed by atoms with E-state index in [-0.39, 0.29) is 0 Å². The van der Waals surface area contributed by atoms with Crippen molar-refractivity contribution in [1.82, 2.24) is 14.5 Å². The highest BCUT2D eigenvalue weighted by Crippen LogP contribution is 2.17. The quantitative estimate of drug-likeness (QED) is 0.650. The summed E-state index contributed by atoms with van der Waals surface area (Å²) in [5.41, 5.74) is 0. The first-order chi connectivity index (χ1) is 8.47. The first-order valence-corrected chi connectivity index (χ1v) is 8.43. The second-order valence-electron chi connectivity index (χ2n) is 5.14. The predicted molar refractivity (Wildman–Crippen MR) is 75.2 cm³/mol. The van der Waals surface area contributed by atoms with E-state index < -0.39 is 10.0 Å². The van der Waals surface area contributed by atoms with Crippen LogP contribution in [0.4, 0.5) is 0 Å². The maximum absolute atomic E-state index is 12.1. The van der Waals surface area contributed by atoms with Crippen LogP contribution in [-0.4, -0.2) is 69.7 Å². The lowest BCUT2D eigenvalue weighted by Crippen LogP contribution is -2.35. The van der Waals surface area contributed by atoms with Crippen molar-refractivity contribution < 1.29 is 8.42 Å². The Hall–Kier alpha value is -0.170. The molecule has 1 aliphatic heterocycles. The van der Waals surface area contributed by atoms with Gasteiger partial charge in [0, 0.05) is 19.1 Å². The van der Waals surface area contributed by atoms with Crippen molar-refractivity contribution in [2.75, 3.05) is 46.0 Å². The van der Waals surface area contributed by atoms with Gasteiger partial charge in [-0.2, -0.15) is 0 Å². The Labute approximate surface area is 112 Å². The number of rotatable bonds is 8. The minimum absolute atomic E-state index is 0.290. The van der Waals surface area contributed by atoms with Crippen LogP contribution in [0.25, 0.3) is 0 Å². The number of sulfonamides is 1. The van der Waals surface area contributed by atoms with Gasteiger partial charge in [0.2, 0.25) is 10.0 Å². The Balaban J connectivity index is 2.31. The number of nitrogens with zero attached hydrogens (tertiary/aromatic N) is 2. The molecule has 1 N–H and O–H groups in total. The lowest BCUT2D eigenvalue weighted by atomic mass is 10.2. The van der Waals surface area contributed by atoms with Crippen LogP contribution in [0.2, 0.25) is 0 Å². The van der Waals surface area contributed by atoms with Gasteiger partial charge in [0.25, 0.3) is 0 Å². The second kappa shape index (κ2) is 7.43. The molecule has 0 spiro atoms. The molecule has 1 aliphatic rings. The minimum Gasteiger partial charge on any atom is -0.317 e. The van der Waals surface area contributed by atoms with Crippen molar-refractivity contribution in [1.29, 1.82) is 0 Å². The van der Waals surface area contributed by atoms with Crippen molar-refractivity contribution in [3.8, 4) is 0 Å². The Morgan fingerprint density at radius 2 is 2.06 bits per heavy atom. The zero-order valence-electron chi connectivity index (χ0n) is 11.9. The molecule has 108 valence electrons. The summed E-state index contributed by atoms with van der Waals surface area (Å²) in [6.07, 6.45) is 2.63. The van der Waals surface area contributed by atoms with Crippen LogP contribution in [-0.2, 0) is 10.0 Å². The molecule has 1 saturated heterocycles. The van der Waals surface area contributed by atoms with Crippen molar-refractivity contribution >= 4 is 10.0 Å². The van der Waals surface area contributed by atoms with Gasteiger partial charge in [0.1, 0.15) is 0 Å². The molecule has 1 fully saturated rings. The molecule has 1 rings (SSSR count). The number of hydrogen-bond acceptors (Lipinski definition) is 4. The molecule has 6 heteroatoms. The zero-order valence-corrected chi connectivity index (χ0v) is 12.7. The zero-order chi connectivity index (χ0) is 13.6. The first-order valence-electron chi connectivity index (χ1n) is 6.82. The van der Waals surface area contributed by atoms with Crippen LogP contribution in [0.3, 0.4) is 0 Å². The molecular weight excluding hydrogens is 250 g/mol. The van der Waals surface area contributed by atoms with Gasteiger partial charge in [-0.25, -0.2) is 12.7 Å². The highest BCUT2D eigenvalue weighted by Gasteiger charge is 2.31. The number of unbranched alkanes of at least 4 members (excludes halogenated alkanes) is 1. The third kappa shape index (κ3) is 4.84. The second-order valence-corrected chi connectivity index (χ2v) is 7.23. The summed E-state index contributed by atoms with van der Waals surface area (Å²) in [5, 5.41) is 3.21. The van der Waals surface area contributed by atoms with Crippen molar-refractivity contribution in [2.24, 2.45) is 0 Å². The Bertz CT molecular complexity index is 330. The summed E-state index contributed by atoms with van der Waals surface area (Å²) in [6.45, 7) is 5.25. The summed E-state index contributed by atoms with van der Waals surface area (Å²) < 4.78 is 25.9. The number of likely N-dealkylation sites (N-methyl/N-ethyl adjacent to an activating group) is 1. The Kier molecular flexibility index (Phi) is 6.55. The van der Waals surface area contributed by atoms with Gasteiger partial charge in [0.05, 0.1) is 5.75 Å². The topological polar surface area (TPSA) is 52.7 Å². The monoisotopic (exact) mass is 277 g/mol. The van der Waals surface area contributed by atoms with Crippen molar-refractivity contribution in [3.63, 3.8) is 0 Å². The average Bonchev–Trinajstić information content (AvgIpc) is 2.78. The highest BCUT2D eigenvalue weighted by atomic mass is 32.2. The Morgan fingerprint density at radius 1 is 1.33 bits per heavy atom. The van der Waals surface area contributed by atoms with Gasteiger partial charge < -0.3 is 10.2 Å². The average molecular weight is 277 g/mol. The standard InChI is InChI=1S/C12H27N3O2S/c1-4-13-8-5-6-10-18(16,17)15-9-7-12(11-15)14(2)3/h12-13H,4-11H2,1-3H3. The number of nitrogens with one attached hydrogen (secondary N) is 1. The fourth-order valence-electron chi connectivity index (χ4n) is 2.23. The molecule has 0 aromatic heterocycles. The molecule has 0 amide bonds. The molecule has 0 bridgehead atoms. The van der Waals surface area contributed by atoms with E-state index in [9.17, 15) is 8.42 Å². The molecule has 0 aromatic rings. The van der Waals surface area contributed by atoms with Crippen LogP contribution in [0.15, 0.2) is 0 Å². The first kappa shape index (κ1) is 15.9.